The maximum absolute atomic E-state index is 2.34. The summed E-state index contributed by atoms with van der Waals surface area (Å²) in [6, 6.07) is 0. The van der Waals surface area contributed by atoms with Gasteiger partial charge in [-0.05, 0) is 37.0 Å². The van der Waals surface area contributed by atoms with Crippen LogP contribution in [0.3, 0.4) is 0 Å². The summed E-state index contributed by atoms with van der Waals surface area (Å²) in [5, 5.41) is 0. The summed E-state index contributed by atoms with van der Waals surface area (Å²) in [5.41, 5.74) is 0. The highest BCUT2D eigenvalue weighted by atomic mass is 14.4. The molecule has 0 spiro atoms. The summed E-state index contributed by atoms with van der Waals surface area (Å²) in [7, 11) is 0. The lowest BCUT2D eigenvalue weighted by atomic mass is 9.80. The van der Waals surface area contributed by atoms with Crippen molar-refractivity contribution in [1.29, 1.82) is 0 Å². The number of hydrogen-bond acceptors (Lipinski definition) is 0. The van der Waals surface area contributed by atoms with Gasteiger partial charge in [0.2, 0.25) is 0 Å². The molecule has 0 aromatic carbocycles. The third-order valence-electron chi connectivity index (χ3n) is 5.87. The lowest BCUT2D eigenvalue weighted by Gasteiger charge is -2.25. The molecule has 0 saturated heterocycles. The molecule has 0 aromatic heterocycles. The van der Waals surface area contributed by atoms with E-state index in [9.17, 15) is 0 Å². The van der Waals surface area contributed by atoms with E-state index in [1.807, 2.05) is 13.8 Å². The minimum Gasteiger partial charge on any atom is -0.0683 e. The topological polar surface area (TPSA) is 0 Å². The van der Waals surface area contributed by atoms with Crippen LogP contribution in [0.4, 0.5) is 0 Å². The molecule has 0 radical (unpaired) electrons. The van der Waals surface area contributed by atoms with Crippen LogP contribution in [0.15, 0.2) is 0 Å². The number of hydrogen-bond donors (Lipinski definition) is 0. The Morgan fingerprint density at radius 1 is 0.522 bits per heavy atom. The lowest BCUT2D eigenvalue weighted by Crippen LogP contribution is -2.15. The van der Waals surface area contributed by atoms with Gasteiger partial charge >= 0.3 is 0 Å². The Balaban J connectivity index is 0.00000232. The molecule has 0 nitrogen and oxygen atoms in total. The Labute approximate surface area is 149 Å². The van der Waals surface area contributed by atoms with Crippen molar-refractivity contribution in [3.63, 3.8) is 0 Å². The van der Waals surface area contributed by atoms with Crippen LogP contribution in [0.25, 0.3) is 0 Å². The zero-order chi connectivity index (χ0) is 17.3. The molecule has 1 aliphatic carbocycles. The molecule has 0 bridgehead atoms. The minimum absolute atomic E-state index is 1.09. The molecular formula is C23H48. The lowest BCUT2D eigenvalue weighted by molar-refractivity contribution is 0.252. The third kappa shape index (κ3) is 10.5. The first-order chi connectivity index (χ1) is 11.3. The zero-order valence-electron chi connectivity index (χ0n) is 17.3. The van der Waals surface area contributed by atoms with Gasteiger partial charge < -0.3 is 0 Å². The molecule has 3 unspecified atom stereocenters. The van der Waals surface area contributed by atoms with Crippen molar-refractivity contribution in [2.24, 2.45) is 17.8 Å². The van der Waals surface area contributed by atoms with Gasteiger partial charge in [0, 0.05) is 0 Å². The van der Waals surface area contributed by atoms with E-state index < -0.39 is 0 Å². The smallest absolute Gasteiger partial charge is 0.0357 e. The second-order valence-corrected chi connectivity index (χ2v) is 7.60. The first-order valence-corrected chi connectivity index (χ1v) is 11.3. The second-order valence-electron chi connectivity index (χ2n) is 7.60. The quantitative estimate of drug-likeness (QED) is 0.297. The van der Waals surface area contributed by atoms with Crippen LogP contribution >= 0.6 is 0 Å². The van der Waals surface area contributed by atoms with Gasteiger partial charge in [0.1, 0.15) is 0 Å². The van der Waals surface area contributed by atoms with Crippen molar-refractivity contribution in [2.45, 2.75) is 131 Å². The van der Waals surface area contributed by atoms with Crippen LogP contribution < -0.4 is 0 Å². The predicted octanol–water partition coefficient (Wildman–Crippen LogP) is 8.79. The molecule has 0 amide bonds. The fourth-order valence-electron chi connectivity index (χ4n) is 4.55. The van der Waals surface area contributed by atoms with E-state index >= 15 is 0 Å². The van der Waals surface area contributed by atoms with Crippen molar-refractivity contribution in [3.8, 4) is 0 Å². The second kappa shape index (κ2) is 16.8. The van der Waals surface area contributed by atoms with E-state index in [1.165, 1.54) is 70.6 Å². The summed E-state index contributed by atoms with van der Waals surface area (Å²) in [6.07, 6.45) is 22.2. The maximum Gasteiger partial charge on any atom is -0.0357 e. The van der Waals surface area contributed by atoms with Crippen molar-refractivity contribution < 1.29 is 0 Å². The Hall–Kier alpha value is 0. The van der Waals surface area contributed by atoms with Gasteiger partial charge in [0.15, 0.2) is 0 Å². The minimum atomic E-state index is 1.09. The molecule has 0 N–H and O–H groups in total. The summed E-state index contributed by atoms with van der Waals surface area (Å²) in [4.78, 5) is 0. The van der Waals surface area contributed by atoms with E-state index in [0.29, 0.717) is 0 Å². The highest BCUT2D eigenvalue weighted by Crippen LogP contribution is 2.45. The van der Waals surface area contributed by atoms with Crippen LogP contribution in [-0.4, -0.2) is 0 Å². The van der Waals surface area contributed by atoms with Crippen molar-refractivity contribution >= 4 is 0 Å². The van der Waals surface area contributed by atoms with Crippen LogP contribution in [0.1, 0.15) is 131 Å². The van der Waals surface area contributed by atoms with Gasteiger partial charge in [-0.25, -0.2) is 0 Å². The normalized spacial score (nSPS) is 23.6. The van der Waals surface area contributed by atoms with E-state index in [1.54, 1.807) is 25.7 Å². The third-order valence-corrected chi connectivity index (χ3v) is 5.87. The largest absolute Gasteiger partial charge is 0.0683 e. The molecule has 1 aliphatic rings. The van der Waals surface area contributed by atoms with Crippen LogP contribution in [0.2, 0.25) is 0 Å². The van der Waals surface area contributed by atoms with Crippen LogP contribution in [0.5, 0.6) is 0 Å². The van der Waals surface area contributed by atoms with E-state index in [4.69, 9.17) is 0 Å². The molecular weight excluding hydrogens is 276 g/mol. The van der Waals surface area contributed by atoms with Gasteiger partial charge in [-0.1, -0.05) is 112 Å². The summed E-state index contributed by atoms with van der Waals surface area (Å²) in [5.74, 6) is 3.27. The highest BCUT2D eigenvalue weighted by Gasteiger charge is 2.34. The van der Waals surface area contributed by atoms with Gasteiger partial charge in [-0.3, -0.25) is 0 Å². The molecule has 3 atom stereocenters. The first-order valence-electron chi connectivity index (χ1n) is 11.3. The van der Waals surface area contributed by atoms with Crippen molar-refractivity contribution in [3.05, 3.63) is 0 Å². The Kier molecular flexibility index (Phi) is 16.8. The molecule has 0 aliphatic heterocycles. The van der Waals surface area contributed by atoms with Gasteiger partial charge in [0.25, 0.3) is 0 Å². The standard InChI is InChI=1S/C21H42.C2H6/c1-4-7-10-13-15-20-18-17-19(14-11-8-5-2)21(20)16-12-9-6-3;1-2/h19-21H,4-18H2,1-3H3;1-2H3. The van der Waals surface area contributed by atoms with Crippen molar-refractivity contribution in [2.75, 3.05) is 0 Å². The molecule has 1 rings (SSSR count). The van der Waals surface area contributed by atoms with Crippen LogP contribution in [0, 0.1) is 17.8 Å². The fraction of sp³-hybridized carbons (Fsp3) is 1.00. The molecule has 0 aromatic rings. The zero-order valence-corrected chi connectivity index (χ0v) is 17.3. The van der Waals surface area contributed by atoms with E-state index in [-0.39, 0.29) is 0 Å². The molecule has 1 saturated carbocycles. The Bertz CT molecular complexity index is 220. The molecule has 0 heteroatoms. The monoisotopic (exact) mass is 324 g/mol. The Morgan fingerprint density at radius 3 is 1.39 bits per heavy atom. The average Bonchev–Trinajstić information content (AvgIpc) is 2.96. The van der Waals surface area contributed by atoms with Gasteiger partial charge in [-0.2, -0.15) is 0 Å². The number of unbranched alkanes of at least 4 members (excludes halogenated alkanes) is 7. The van der Waals surface area contributed by atoms with Crippen LogP contribution in [-0.2, 0) is 0 Å². The maximum atomic E-state index is 2.34. The van der Waals surface area contributed by atoms with E-state index in [0.717, 1.165) is 17.8 Å². The fourth-order valence-corrected chi connectivity index (χ4v) is 4.55. The summed E-state index contributed by atoms with van der Waals surface area (Å²) < 4.78 is 0. The Morgan fingerprint density at radius 2 is 0.913 bits per heavy atom. The summed E-state index contributed by atoms with van der Waals surface area (Å²) in [6.45, 7) is 11.0. The predicted molar refractivity (Wildman–Crippen MR) is 108 cm³/mol. The molecule has 0 heterocycles. The average molecular weight is 325 g/mol. The molecule has 140 valence electrons. The van der Waals surface area contributed by atoms with Crippen molar-refractivity contribution in [1.82, 2.24) is 0 Å². The summed E-state index contributed by atoms with van der Waals surface area (Å²) >= 11 is 0. The SMILES string of the molecule is CC.CCCCCCC1CCC(CCCCC)C1CCCCC. The number of rotatable bonds is 13. The van der Waals surface area contributed by atoms with Gasteiger partial charge in [0.05, 0.1) is 0 Å². The first kappa shape index (κ1) is 23.0. The highest BCUT2D eigenvalue weighted by molar-refractivity contribution is 4.84. The molecule has 1 fully saturated rings. The van der Waals surface area contributed by atoms with Gasteiger partial charge in [-0.15, -0.1) is 0 Å². The van der Waals surface area contributed by atoms with E-state index in [2.05, 4.69) is 20.8 Å². The molecule has 23 heavy (non-hydrogen) atoms.